The maximum Gasteiger partial charge on any atom is 0.305 e. The molecule has 4 rings (SSSR count). The smallest absolute Gasteiger partial charge is 0.305 e. The van der Waals surface area contributed by atoms with E-state index in [9.17, 15) is 14.7 Å². The molecule has 0 aromatic heterocycles. The van der Waals surface area contributed by atoms with Crippen LogP contribution in [0.5, 0.6) is 5.75 Å². The van der Waals surface area contributed by atoms with E-state index in [2.05, 4.69) is 39.8 Å². The number of hydrogen-bond donors (Lipinski definition) is 1. The van der Waals surface area contributed by atoms with Crippen molar-refractivity contribution in [3.8, 4) is 5.75 Å². The number of carbonyl (C=O) groups is 2. The first kappa shape index (κ1) is 26.7. The van der Waals surface area contributed by atoms with Crippen molar-refractivity contribution in [2.45, 2.75) is 64.5 Å². The van der Waals surface area contributed by atoms with Gasteiger partial charge in [-0.25, -0.2) is 0 Å². The van der Waals surface area contributed by atoms with Crippen LogP contribution in [0.2, 0.25) is 5.02 Å². The number of carboxylic acid groups (broad SMARTS) is 1. The zero-order chi connectivity index (χ0) is 26.8. The van der Waals surface area contributed by atoms with Gasteiger partial charge in [-0.1, -0.05) is 74.8 Å². The van der Waals surface area contributed by atoms with E-state index in [1.807, 2.05) is 48.5 Å². The predicted octanol–water partition coefficient (Wildman–Crippen LogP) is 6.69. The molecule has 0 unspecified atom stereocenters. The number of benzene rings is 3. The lowest BCUT2D eigenvalue weighted by Gasteiger charge is -2.24. The molecule has 0 saturated carbocycles. The Morgan fingerprint density at radius 2 is 1.76 bits per heavy atom. The molecule has 1 atom stereocenters. The third-order valence-corrected chi connectivity index (χ3v) is 7.20. The van der Waals surface area contributed by atoms with Crippen LogP contribution in [0.4, 0.5) is 0 Å². The summed E-state index contributed by atoms with van der Waals surface area (Å²) < 4.78 is 6.30. The highest BCUT2D eigenvalue weighted by molar-refractivity contribution is 6.31. The van der Waals surface area contributed by atoms with Crippen molar-refractivity contribution in [1.29, 1.82) is 0 Å². The number of aliphatic carboxylic acids is 1. The normalized spacial score (nSPS) is 16.7. The van der Waals surface area contributed by atoms with E-state index in [4.69, 9.17) is 16.3 Å². The van der Waals surface area contributed by atoms with E-state index in [0.717, 1.165) is 22.4 Å². The number of hydrogen-bond acceptors (Lipinski definition) is 3. The van der Waals surface area contributed by atoms with Gasteiger partial charge in [-0.15, -0.1) is 0 Å². The molecule has 3 aromatic rings. The van der Waals surface area contributed by atoms with E-state index < -0.39 is 11.6 Å². The fourth-order valence-corrected chi connectivity index (χ4v) is 5.00. The average molecular weight is 520 g/mol. The number of rotatable bonds is 8. The zero-order valence-corrected chi connectivity index (χ0v) is 22.6. The largest absolute Gasteiger partial charge is 0.487 e. The van der Waals surface area contributed by atoms with E-state index >= 15 is 0 Å². The van der Waals surface area contributed by atoms with Crippen molar-refractivity contribution in [2.75, 3.05) is 6.54 Å². The average Bonchev–Trinajstić information content (AvgIpc) is 3.17. The number of ether oxygens (including phenoxy) is 1. The second-order valence-electron chi connectivity index (χ2n) is 11.1. The monoisotopic (exact) mass is 519 g/mol. The van der Waals surface area contributed by atoms with Gasteiger partial charge in [-0.3, -0.25) is 9.59 Å². The number of carbonyl (C=O) groups excluding carboxylic acids is 1. The van der Waals surface area contributed by atoms with Crippen LogP contribution in [-0.4, -0.2) is 34.0 Å². The SMILES string of the molecule is CC(C)(C)c1ccc(CN(CCC(=O)O)C(=O)c2ccc3c(c2)C[C@](C)(Cc2ccccc2Cl)O3)cc1. The summed E-state index contributed by atoms with van der Waals surface area (Å²) in [5.74, 6) is -0.358. The molecule has 0 radical (unpaired) electrons. The number of carboxylic acids is 1. The predicted molar refractivity (Wildman–Crippen MR) is 146 cm³/mol. The second-order valence-corrected chi connectivity index (χ2v) is 11.5. The molecule has 194 valence electrons. The van der Waals surface area contributed by atoms with Crippen LogP contribution in [0.3, 0.4) is 0 Å². The molecule has 3 aromatic carbocycles. The highest BCUT2D eigenvalue weighted by atomic mass is 35.5. The molecule has 5 nitrogen and oxygen atoms in total. The van der Waals surface area contributed by atoms with Crippen LogP contribution in [0, 0.1) is 0 Å². The Balaban J connectivity index is 1.52. The Morgan fingerprint density at radius 1 is 1.05 bits per heavy atom. The third-order valence-electron chi connectivity index (χ3n) is 6.83. The summed E-state index contributed by atoms with van der Waals surface area (Å²) in [6, 6.07) is 21.4. The van der Waals surface area contributed by atoms with Gasteiger partial charge in [0.1, 0.15) is 11.4 Å². The molecule has 0 spiro atoms. The first-order chi connectivity index (χ1) is 17.4. The fourth-order valence-electron chi connectivity index (χ4n) is 4.79. The lowest BCUT2D eigenvalue weighted by atomic mass is 9.87. The molecule has 37 heavy (non-hydrogen) atoms. The topological polar surface area (TPSA) is 66.8 Å². The summed E-state index contributed by atoms with van der Waals surface area (Å²) in [7, 11) is 0. The number of nitrogens with zero attached hydrogens (tertiary/aromatic N) is 1. The molecule has 0 saturated heterocycles. The van der Waals surface area contributed by atoms with Crippen LogP contribution in [-0.2, 0) is 29.6 Å². The highest BCUT2D eigenvalue weighted by Crippen LogP contribution is 2.38. The van der Waals surface area contributed by atoms with Gasteiger partial charge in [0.2, 0.25) is 0 Å². The van der Waals surface area contributed by atoms with E-state index in [1.165, 1.54) is 5.56 Å². The molecular weight excluding hydrogens is 486 g/mol. The van der Waals surface area contributed by atoms with Gasteiger partial charge >= 0.3 is 5.97 Å². The van der Waals surface area contributed by atoms with Crippen molar-refractivity contribution >= 4 is 23.5 Å². The van der Waals surface area contributed by atoms with Crippen molar-refractivity contribution in [3.05, 3.63) is 99.6 Å². The van der Waals surface area contributed by atoms with Gasteiger partial charge in [0.15, 0.2) is 0 Å². The van der Waals surface area contributed by atoms with Crippen molar-refractivity contribution < 1.29 is 19.4 Å². The van der Waals surface area contributed by atoms with E-state index in [1.54, 1.807) is 11.0 Å². The van der Waals surface area contributed by atoms with Crippen molar-refractivity contribution in [2.24, 2.45) is 0 Å². The maximum atomic E-state index is 13.6. The summed E-state index contributed by atoms with van der Waals surface area (Å²) in [4.78, 5) is 26.5. The van der Waals surface area contributed by atoms with Crippen LogP contribution < -0.4 is 4.74 Å². The highest BCUT2D eigenvalue weighted by Gasteiger charge is 2.36. The minimum atomic E-state index is -0.932. The Kier molecular flexibility index (Phi) is 7.65. The molecule has 0 bridgehead atoms. The lowest BCUT2D eigenvalue weighted by molar-refractivity contribution is -0.137. The molecule has 1 aliphatic heterocycles. The molecule has 1 N–H and O–H groups in total. The fraction of sp³-hybridized carbons (Fsp3) is 0.355. The standard InChI is InChI=1S/C31H34ClNO4/c1-30(2,3)25-12-9-21(10-13-25)20-33(16-15-28(34)35)29(36)22-11-14-27-24(17-22)19-31(4,37-27)18-23-7-5-6-8-26(23)32/h5-14,17H,15-16,18-20H2,1-4H3,(H,34,35)/t31-/m0/s1. The summed E-state index contributed by atoms with van der Waals surface area (Å²) in [5, 5.41) is 9.98. The van der Waals surface area contributed by atoms with E-state index in [-0.39, 0.29) is 24.3 Å². The molecule has 0 aliphatic carbocycles. The van der Waals surface area contributed by atoms with Crippen molar-refractivity contribution in [3.63, 3.8) is 0 Å². The van der Waals surface area contributed by atoms with Crippen LogP contribution in [0.15, 0.2) is 66.7 Å². The Hall–Kier alpha value is -3.31. The second kappa shape index (κ2) is 10.6. The van der Waals surface area contributed by atoms with Gasteiger partial charge in [-0.05, 0) is 58.9 Å². The van der Waals surface area contributed by atoms with E-state index in [0.29, 0.717) is 30.0 Å². The molecule has 1 heterocycles. The van der Waals surface area contributed by atoms with Crippen molar-refractivity contribution in [1.82, 2.24) is 4.90 Å². The van der Waals surface area contributed by atoms with Gasteiger partial charge in [-0.2, -0.15) is 0 Å². The third kappa shape index (κ3) is 6.53. The van der Waals surface area contributed by atoms with Gasteiger partial charge in [0.05, 0.1) is 6.42 Å². The first-order valence-electron chi connectivity index (χ1n) is 12.6. The number of halogens is 1. The molecule has 1 aliphatic rings. The van der Waals surface area contributed by atoms with Gasteiger partial charge in [0.25, 0.3) is 5.91 Å². The minimum absolute atomic E-state index is 0.0319. The van der Waals surface area contributed by atoms with Crippen LogP contribution >= 0.6 is 11.6 Å². The first-order valence-corrected chi connectivity index (χ1v) is 13.0. The minimum Gasteiger partial charge on any atom is -0.487 e. The van der Waals surface area contributed by atoms with Gasteiger partial charge < -0.3 is 14.7 Å². The Morgan fingerprint density at radius 3 is 2.41 bits per heavy atom. The van der Waals surface area contributed by atoms with Crippen LogP contribution in [0.1, 0.15) is 66.7 Å². The molecule has 6 heteroatoms. The quantitative estimate of drug-likeness (QED) is 0.360. The molecule has 1 amide bonds. The number of amides is 1. The lowest BCUT2D eigenvalue weighted by Crippen LogP contribution is -2.33. The molecular formula is C31H34ClNO4. The summed E-state index contributed by atoms with van der Waals surface area (Å²) in [5.41, 5.74) is 4.25. The summed E-state index contributed by atoms with van der Waals surface area (Å²) >= 11 is 6.38. The number of fused-ring (bicyclic) bond motifs is 1. The van der Waals surface area contributed by atoms with Crippen LogP contribution in [0.25, 0.3) is 0 Å². The Bertz CT molecular complexity index is 1300. The summed E-state index contributed by atoms with van der Waals surface area (Å²) in [6.07, 6.45) is 1.19. The zero-order valence-electron chi connectivity index (χ0n) is 21.9. The molecule has 0 fully saturated rings. The summed E-state index contributed by atoms with van der Waals surface area (Å²) in [6.45, 7) is 8.99. The van der Waals surface area contributed by atoms with Gasteiger partial charge in [0, 0.05) is 36.5 Å². The maximum absolute atomic E-state index is 13.6. The Labute approximate surface area is 224 Å².